The third-order valence-corrected chi connectivity index (χ3v) is 4.65. The Kier molecular flexibility index (Phi) is 8.65. The largest absolute Gasteiger partial charge is 0.368 e. The Labute approximate surface area is 160 Å². The second-order valence-corrected chi connectivity index (χ2v) is 6.37. The van der Waals surface area contributed by atoms with E-state index >= 15 is 0 Å². The maximum Gasteiger partial charge on any atom is 0.241 e. The van der Waals surface area contributed by atoms with Crippen LogP contribution in [-0.4, -0.2) is 41.9 Å². The molecule has 3 rings (SSSR count). The SMILES string of the molecule is Cl.Cl.NC(=O)C1CCCN1Cc1cccc(NC(=O)C2CCCN2)c1. The smallest absolute Gasteiger partial charge is 0.241 e. The lowest BCUT2D eigenvalue weighted by Gasteiger charge is -2.22. The summed E-state index contributed by atoms with van der Waals surface area (Å²) in [6.45, 7) is 2.47. The number of nitrogens with zero attached hydrogens (tertiary/aromatic N) is 1. The summed E-state index contributed by atoms with van der Waals surface area (Å²) in [6, 6.07) is 7.56. The van der Waals surface area contributed by atoms with E-state index in [1.807, 2.05) is 24.3 Å². The molecule has 0 bridgehead atoms. The molecule has 2 saturated heterocycles. The molecular formula is C17H26Cl2N4O2. The van der Waals surface area contributed by atoms with E-state index in [4.69, 9.17) is 5.73 Å². The molecule has 2 unspecified atom stereocenters. The number of hydrogen-bond acceptors (Lipinski definition) is 4. The van der Waals surface area contributed by atoms with Gasteiger partial charge in [0.2, 0.25) is 11.8 Å². The molecule has 0 radical (unpaired) electrons. The van der Waals surface area contributed by atoms with Gasteiger partial charge in [0.1, 0.15) is 0 Å². The molecule has 2 fully saturated rings. The number of nitrogens with two attached hydrogens (primary N) is 1. The van der Waals surface area contributed by atoms with Crippen LogP contribution in [0.2, 0.25) is 0 Å². The third-order valence-electron chi connectivity index (χ3n) is 4.65. The van der Waals surface area contributed by atoms with Crippen LogP contribution in [0.1, 0.15) is 31.2 Å². The van der Waals surface area contributed by atoms with Crippen molar-refractivity contribution in [2.24, 2.45) is 5.73 Å². The lowest BCUT2D eigenvalue weighted by Crippen LogP contribution is -2.39. The van der Waals surface area contributed by atoms with E-state index in [2.05, 4.69) is 15.5 Å². The standard InChI is InChI=1S/C17H24N4O2.2ClH/c18-16(22)15-7-3-9-21(15)11-12-4-1-5-13(10-12)20-17(23)14-6-2-8-19-14;;/h1,4-5,10,14-15,19H,2-3,6-9,11H2,(H2,18,22)(H,20,23);2*1H. The molecule has 0 spiro atoms. The highest BCUT2D eigenvalue weighted by molar-refractivity contribution is 5.95. The third kappa shape index (κ3) is 5.57. The molecule has 25 heavy (non-hydrogen) atoms. The minimum atomic E-state index is -0.251. The average molecular weight is 389 g/mol. The number of amides is 2. The van der Waals surface area contributed by atoms with Crippen molar-refractivity contribution >= 4 is 42.3 Å². The van der Waals surface area contributed by atoms with Gasteiger partial charge in [-0.3, -0.25) is 14.5 Å². The Balaban J connectivity index is 0.00000156. The monoisotopic (exact) mass is 388 g/mol. The lowest BCUT2D eigenvalue weighted by molar-refractivity contribution is -0.122. The fourth-order valence-corrected chi connectivity index (χ4v) is 3.46. The van der Waals surface area contributed by atoms with Gasteiger partial charge in [0.15, 0.2) is 0 Å². The van der Waals surface area contributed by atoms with E-state index in [1.165, 1.54) is 0 Å². The maximum atomic E-state index is 12.2. The topological polar surface area (TPSA) is 87.5 Å². The van der Waals surface area contributed by atoms with Gasteiger partial charge in [-0.2, -0.15) is 0 Å². The summed E-state index contributed by atoms with van der Waals surface area (Å²) in [5.41, 5.74) is 7.34. The number of anilines is 1. The van der Waals surface area contributed by atoms with Crippen LogP contribution in [0, 0.1) is 0 Å². The first-order valence-electron chi connectivity index (χ1n) is 8.30. The quantitative estimate of drug-likeness (QED) is 0.715. The zero-order valence-corrected chi connectivity index (χ0v) is 15.7. The molecule has 2 aliphatic heterocycles. The Morgan fingerprint density at radius 2 is 2.04 bits per heavy atom. The van der Waals surface area contributed by atoms with Gasteiger partial charge in [-0.05, 0) is 56.5 Å². The number of carbonyl (C=O) groups is 2. The molecule has 0 aromatic heterocycles. The molecule has 140 valence electrons. The number of halogens is 2. The Bertz CT molecular complexity index is 594. The van der Waals surface area contributed by atoms with Gasteiger partial charge >= 0.3 is 0 Å². The predicted molar refractivity (Wildman–Crippen MR) is 103 cm³/mol. The average Bonchev–Trinajstić information content (AvgIpc) is 3.18. The van der Waals surface area contributed by atoms with Crippen molar-refractivity contribution in [2.75, 3.05) is 18.4 Å². The van der Waals surface area contributed by atoms with Gasteiger partial charge in [-0.15, -0.1) is 24.8 Å². The predicted octanol–water partition coefficient (Wildman–Crippen LogP) is 1.67. The van der Waals surface area contributed by atoms with Crippen molar-refractivity contribution in [2.45, 2.75) is 44.3 Å². The van der Waals surface area contributed by atoms with Crippen LogP contribution in [0.25, 0.3) is 0 Å². The van der Waals surface area contributed by atoms with Crippen LogP contribution < -0.4 is 16.4 Å². The van der Waals surface area contributed by atoms with Crippen LogP contribution in [0.15, 0.2) is 24.3 Å². The van der Waals surface area contributed by atoms with Crippen molar-refractivity contribution < 1.29 is 9.59 Å². The number of primary amides is 1. The Morgan fingerprint density at radius 3 is 2.72 bits per heavy atom. The number of likely N-dealkylation sites (tertiary alicyclic amines) is 1. The minimum Gasteiger partial charge on any atom is -0.368 e. The molecule has 1 aromatic rings. The first kappa shape index (κ1) is 21.7. The number of carbonyl (C=O) groups excluding carboxylic acids is 2. The summed E-state index contributed by atoms with van der Waals surface area (Å²) in [5.74, 6) is -0.227. The summed E-state index contributed by atoms with van der Waals surface area (Å²) < 4.78 is 0. The van der Waals surface area contributed by atoms with Crippen LogP contribution >= 0.6 is 24.8 Å². The van der Waals surface area contributed by atoms with Crippen molar-refractivity contribution in [1.82, 2.24) is 10.2 Å². The zero-order chi connectivity index (χ0) is 16.2. The highest BCUT2D eigenvalue weighted by atomic mass is 35.5. The van der Waals surface area contributed by atoms with Gasteiger partial charge in [-0.1, -0.05) is 12.1 Å². The van der Waals surface area contributed by atoms with E-state index in [9.17, 15) is 9.59 Å². The molecule has 2 heterocycles. The van der Waals surface area contributed by atoms with Crippen LogP contribution in [0.4, 0.5) is 5.69 Å². The molecule has 2 aliphatic rings. The van der Waals surface area contributed by atoms with E-state index in [-0.39, 0.29) is 48.7 Å². The summed E-state index contributed by atoms with van der Waals surface area (Å²) in [7, 11) is 0. The van der Waals surface area contributed by atoms with Crippen molar-refractivity contribution in [3.8, 4) is 0 Å². The summed E-state index contributed by atoms with van der Waals surface area (Å²) in [6.07, 6.45) is 3.76. The molecule has 0 saturated carbocycles. The number of rotatable bonds is 5. The minimum absolute atomic E-state index is 0. The van der Waals surface area contributed by atoms with E-state index < -0.39 is 0 Å². The molecule has 2 atom stereocenters. The van der Waals surface area contributed by atoms with E-state index in [1.54, 1.807) is 0 Å². The van der Waals surface area contributed by atoms with Gasteiger partial charge in [0.05, 0.1) is 12.1 Å². The van der Waals surface area contributed by atoms with Gasteiger partial charge in [0, 0.05) is 12.2 Å². The van der Waals surface area contributed by atoms with E-state index in [0.29, 0.717) is 6.54 Å². The highest BCUT2D eigenvalue weighted by Gasteiger charge is 2.28. The van der Waals surface area contributed by atoms with Crippen LogP contribution in [0.3, 0.4) is 0 Å². The van der Waals surface area contributed by atoms with Crippen molar-refractivity contribution in [1.29, 1.82) is 0 Å². The summed E-state index contributed by atoms with van der Waals surface area (Å²) in [4.78, 5) is 25.8. The molecule has 2 amide bonds. The van der Waals surface area contributed by atoms with Gasteiger partial charge in [-0.25, -0.2) is 0 Å². The Hall–Kier alpha value is -1.34. The molecule has 4 N–H and O–H groups in total. The normalized spacial score (nSPS) is 22.7. The summed E-state index contributed by atoms with van der Waals surface area (Å²) >= 11 is 0. The van der Waals surface area contributed by atoms with Crippen molar-refractivity contribution in [3.05, 3.63) is 29.8 Å². The fraction of sp³-hybridized carbons (Fsp3) is 0.529. The van der Waals surface area contributed by atoms with Crippen LogP contribution in [-0.2, 0) is 16.1 Å². The van der Waals surface area contributed by atoms with Crippen molar-refractivity contribution in [3.63, 3.8) is 0 Å². The van der Waals surface area contributed by atoms with Gasteiger partial charge < -0.3 is 16.4 Å². The van der Waals surface area contributed by atoms with E-state index in [0.717, 1.165) is 50.0 Å². The maximum absolute atomic E-state index is 12.2. The second-order valence-electron chi connectivity index (χ2n) is 6.37. The molecule has 0 aliphatic carbocycles. The second kappa shape index (κ2) is 9.97. The highest BCUT2D eigenvalue weighted by Crippen LogP contribution is 2.21. The first-order chi connectivity index (χ1) is 11.1. The number of nitrogens with one attached hydrogen (secondary N) is 2. The lowest BCUT2D eigenvalue weighted by atomic mass is 10.1. The fourth-order valence-electron chi connectivity index (χ4n) is 3.46. The zero-order valence-electron chi connectivity index (χ0n) is 14.1. The van der Waals surface area contributed by atoms with Gasteiger partial charge in [0.25, 0.3) is 0 Å². The molecular weight excluding hydrogens is 363 g/mol. The molecule has 8 heteroatoms. The number of benzene rings is 1. The number of hydrogen-bond donors (Lipinski definition) is 3. The Morgan fingerprint density at radius 1 is 1.24 bits per heavy atom. The first-order valence-corrected chi connectivity index (χ1v) is 8.30. The van der Waals surface area contributed by atoms with Crippen LogP contribution in [0.5, 0.6) is 0 Å². The summed E-state index contributed by atoms with van der Waals surface area (Å²) in [5, 5.41) is 6.17. The molecule has 6 nitrogen and oxygen atoms in total. The molecule has 1 aromatic carbocycles.